The van der Waals surface area contributed by atoms with E-state index in [1.165, 1.54) is 0 Å². The highest BCUT2D eigenvalue weighted by Crippen LogP contribution is 2.23. The van der Waals surface area contributed by atoms with E-state index in [0.717, 1.165) is 34.9 Å². The van der Waals surface area contributed by atoms with Gasteiger partial charge in [-0.25, -0.2) is 4.98 Å². The van der Waals surface area contributed by atoms with Crippen LogP contribution >= 0.6 is 11.6 Å². The summed E-state index contributed by atoms with van der Waals surface area (Å²) in [6, 6.07) is 3.66. The second kappa shape index (κ2) is 5.25. The average Bonchev–Trinajstić information content (AvgIpc) is 2.48. The van der Waals surface area contributed by atoms with Gasteiger partial charge in [0.2, 0.25) is 0 Å². The molecule has 2 aromatic rings. The maximum Gasteiger partial charge on any atom is 0.258 e. The van der Waals surface area contributed by atoms with Crippen LogP contribution in [0, 0.1) is 0 Å². The molecule has 0 fully saturated rings. The summed E-state index contributed by atoms with van der Waals surface area (Å²) in [4.78, 5) is 16.8. The van der Waals surface area contributed by atoms with Crippen molar-refractivity contribution in [1.29, 1.82) is 0 Å². The lowest BCUT2D eigenvalue weighted by Gasteiger charge is -2.13. The van der Waals surface area contributed by atoms with Gasteiger partial charge in [0.05, 0.1) is 5.52 Å². The van der Waals surface area contributed by atoms with Crippen LogP contribution in [0.4, 0.5) is 0 Å². The standard InChI is InChI=1S/C16H15ClN2O/c1-2-19-14-9-15(17)18-10-12(14)8-13(16(19)20)11-6-4-3-5-7-11/h4,6-10H,2-3,5H2,1H3. The van der Waals surface area contributed by atoms with Crippen LogP contribution in [0.5, 0.6) is 0 Å². The summed E-state index contributed by atoms with van der Waals surface area (Å²) in [7, 11) is 0. The number of fused-ring (bicyclic) bond motifs is 1. The van der Waals surface area contributed by atoms with Gasteiger partial charge in [-0.2, -0.15) is 0 Å². The van der Waals surface area contributed by atoms with E-state index in [-0.39, 0.29) is 5.56 Å². The zero-order chi connectivity index (χ0) is 14.1. The molecule has 0 unspecified atom stereocenters. The average molecular weight is 287 g/mol. The summed E-state index contributed by atoms with van der Waals surface area (Å²) in [6.07, 6.45) is 9.99. The Bertz CT molecular complexity index is 787. The zero-order valence-electron chi connectivity index (χ0n) is 11.3. The van der Waals surface area contributed by atoms with Crippen molar-refractivity contribution in [2.75, 3.05) is 0 Å². The molecule has 2 heterocycles. The molecular weight excluding hydrogens is 272 g/mol. The molecule has 0 amide bonds. The highest BCUT2D eigenvalue weighted by molar-refractivity contribution is 6.30. The summed E-state index contributed by atoms with van der Waals surface area (Å²) < 4.78 is 1.75. The van der Waals surface area contributed by atoms with Crippen LogP contribution < -0.4 is 5.56 Å². The molecule has 0 N–H and O–H groups in total. The molecule has 0 bridgehead atoms. The molecule has 1 aliphatic rings. The number of hydrogen-bond acceptors (Lipinski definition) is 2. The van der Waals surface area contributed by atoms with Crippen molar-refractivity contribution in [2.24, 2.45) is 0 Å². The van der Waals surface area contributed by atoms with E-state index in [1.807, 2.05) is 19.1 Å². The van der Waals surface area contributed by atoms with Crippen molar-refractivity contribution < 1.29 is 0 Å². The van der Waals surface area contributed by atoms with Gasteiger partial charge >= 0.3 is 0 Å². The first kappa shape index (κ1) is 13.1. The van der Waals surface area contributed by atoms with Gasteiger partial charge < -0.3 is 4.57 Å². The fourth-order valence-corrected chi connectivity index (χ4v) is 2.73. The fourth-order valence-electron chi connectivity index (χ4n) is 2.58. The third-order valence-electron chi connectivity index (χ3n) is 3.57. The van der Waals surface area contributed by atoms with Crippen LogP contribution in [-0.4, -0.2) is 9.55 Å². The van der Waals surface area contributed by atoms with Crippen LogP contribution in [0.15, 0.2) is 41.4 Å². The van der Waals surface area contributed by atoms with Gasteiger partial charge in [0.25, 0.3) is 5.56 Å². The minimum Gasteiger partial charge on any atom is -0.308 e. The first-order valence-electron chi connectivity index (χ1n) is 6.77. The third-order valence-corrected chi connectivity index (χ3v) is 3.77. The maximum atomic E-state index is 12.6. The van der Waals surface area contributed by atoms with Crippen molar-refractivity contribution in [3.05, 3.63) is 57.6 Å². The topological polar surface area (TPSA) is 34.9 Å². The van der Waals surface area contributed by atoms with Gasteiger partial charge in [-0.3, -0.25) is 4.79 Å². The molecule has 0 aliphatic heterocycles. The van der Waals surface area contributed by atoms with Crippen LogP contribution in [0.25, 0.3) is 16.5 Å². The molecule has 0 aromatic carbocycles. The van der Waals surface area contributed by atoms with Gasteiger partial charge in [-0.1, -0.05) is 29.8 Å². The van der Waals surface area contributed by atoms with Gasteiger partial charge in [0, 0.05) is 23.7 Å². The van der Waals surface area contributed by atoms with Crippen molar-refractivity contribution in [3.8, 4) is 0 Å². The van der Waals surface area contributed by atoms with E-state index in [1.54, 1.807) is 16.8 Å². The molecule has 2 aromatic heterocycles. The zero-order valence-corrected chi connectivity index (χ0v) is 12.0. The van der Waals surface area contributed by atoms with Crippen LogP contribution in [-0.2, 0) is 6.54 Å². The first-order chi connectivity index (χ1) is 9.70. The molecule has 0 radical (unpaired) electrons. The van der Waals surface area contributed by atoms with Crippen molar-refractivity contribution in [2.45, 2.75) is 26.3 Å². The molecule has 20 heavy (non-hydrogen) atoms. The number of nitrogens with zero attached hydrogens (tertiary/aromatic N) is 2. The van der Waals surface area contributed by atoms with Gasteiger partial charge in [0.1, 0.15) is 5.15 Å². The molecule has 4 heteroatoms. The Morgan fingerprint density at radius 3 is 2.90 bits per heavy atom. The van der Waals surface area contributed by atoms with E-state index < -0.39 is 0 Å². The Morgan fingerprint density at radius 1 is 1.35 bits per heavy atom. The molecular formula is C16H15ClN2O. The number of pyridine rings is 2. The highest BCUT2D eigenvalue weighted by atomic mass is 35.5. The van der Waals surface area contributed by atoms with E-state index in [4.69, 9.17) is 11.6 Å². The Balaban J connectivity index is 2.32. The van der Waals surface area contributed by atoms with E-state index in [0.29, 0.717) is 11.7 Å². The molecule has 0 atom stereocenters. The fraction of sp³-hybridized carbons (Fsp3) is 0.250. The molecule has 1 aliphatic carbocycles. The molecule has 102 valence electrons. The van der Waals surface area contributed by atoms with E-state index in [9.17, 15) is 4.79 Å². The lowest BCUT2D eigenvalue weighted by molar-refractivity contribution is 0.757. The largest absolute Gasteiger partial charge is 0.308 e. The summed E-state index contributed by atoms with van der Waals surface area (Å²) in [5.74, 6) is 0. The van der Waals surface area contributed by atoms with Gasteiger partial charge in [0.15, 0.2) is 0 Å². The Morgan fingerprint density at radius 2 is 2.20 bits per heavy atom. The second-order valence-corrected chi connectivity index (χ2v) is 5.20. The first-order valence-corrected chi connectivity index (χ1v) is 7.14. The Labute approximate surface area is 122 Å². The molecule has 0 saturated carbocycles. The number of rotatable bonds is 2. The van der Waals surface area contributed by atoms with E-state index >= 15 is 0 Å². The van der Waals surface area contributed by atoms with Crippen molar-refractivity contribution in [3.63, 3.8) is 0 Å². The van der Waals surface area contributed by atoms with E-state index in [2.05, 4.69) is 17.1 Å². The van der Waals surface area contributed by atoms with Gasteiger partial charge in [-0.05, 0) is 37.5 Å². The van der Waals surface area contributed by atoms with Crippen LogP contribution in [0.2, 0.25) is 5.15 Å². The molecule has 3 rings (SSSR count). The maximum absolute atomic E-state index is 12.6. The minimum atomic E-state index is 0.0278. The highest BCUT2D eigenvalue weighted by Gasteiger charge is 2.12. The quantitative estimate of drug-likeness (QED) is 0.787. The van der Waals surface area contributed by atoms with Crippen molar-refractivity contribution in [1.82, 2.24) is 9.55 Å². The lowest BCUT2D eigenvalue weighted by atomic mass is 9.99. The number of allylic oxidation sites excluding steroid dienone is 4. The number of hydrogen-bond donors (Lipinski definition) is 0. The monoisotopic (exact) mass is 286 g/mol. The second-order valence-electron chi connectivity index (χ2n) is 4.81. The summed E-state index contributed by atoms with van der Waals surface area (Å²) >= 11 is 5.94. The van der Waals surface area contributed by atoms with Crippen LogP contribution in [0.1, 0.15) is 25.3 Å². The minimum absolute atomic E-state index is 0.0278. The number of aryl methyl sites for hydroxylation is 1. The number of aromatic nitrogens is 2. The Kier molecular flexibility index (Phi) is 3.45. The van der Waals surface area contributed by atoms with Gasteiger partial charge in [-0.15, -0.1) is 0 Å². The summed E-state index contributed by atoms with van der Waals surface area (Å²) in [6.45, 7) is 2.57. The normalized spacial score (nSPS) is 14.6. The predicted octanol–water partition coefficient (Wildman–Crippen LogP) is 3.80. The smallest absolute Gasteiger partial charge is 0.258 e. The SMILES string of the molecule is CCn1c(=O)c(C2=CCCC=C2)cc2cnc(Cl)cc21. The molecule has 0 spiro atoms. The summed E-state index contributed by atoms with van der Waals surface area (Å²) in [5, 5.41) is 1.34. The molecule has 3 nitrogen and oxygen atoms in total. The predicted molar refractivity (Wildman–Crippen MR) is 83.0 cm³/mol. The number of halogens is 1. The summed E-state index contributed by atoms with van der Waals surface area (Å²) in [5.41, 5.74) is 2.60. The van der Waals surface area contributed by atoms with Crippen molar-refractivity contribution >= 4 is 28.1 Å². The Hall–Kier alpha value is -1.87. The lowest BCUT2D eigenvalue weighted by Crippen LogP contribution is -2.23. The third kappa shape index (κ3) is 2.18. The van der Waals surface area contributed by atoms with Crippen LogP contribution in [0.3, 0.4) is 0 Å². The molecule has 0 saturated heterocycles.